The lowest BCUT2D eigenvalue weighted by molar-refractivity contribution is -0.117. The molecule has 0 heterocycles. The second-order valence-electron chi connectivity index (χ2n) is 8.40. The Bertz CT molecular complexity index is 1460. The predicted molar refractivity (Wildman–Crippen MR) is 144 cm³/mol. The topological polar surface area (TPSA) is 93.7 Å². The van der Waals surface area contributed by atoms with Gasteiger partial charge in [0.1, 0.15) is 17.5 Å². The van der Waals surface area contributed by atoms with E-state index < -0.39 is 22.0 Å². The molecule has 0 saturated heterocycles. The summed E-state index contributed by atoms with van der Waals surface area (Å²) in [6.07, 6.45) is 0.156. The van der Waals surface area contributed by atoms with Gasteiger partial charge >= 0.3 is 0 Å². The van der Waals surface area contributed by atoms with Crippen molar-refractivity contribution in [2.45, 2.75) is 24.3 Å². The molecule has 2 N–H and O–H groups in total. The number of hydrogen-bond donors (Lipinski definition) is 2. The van der Waals surface area contributed by atoms with Crippen molar-refractivity contribution in [1.82, 2.24) is 4.72 Å². The highest BCUT2D eigenvalue weighted by Gasteiger charge is 2.27. The van der Waals surface area contributed by atoms with Gasteiger partial charge in [0.2, 0.25) is 15.9 Å². The summed E-state index contributed by atoms with van der Waals surface area (Å²) in [5, 5.41) is 2.84. The molecule has 8 heteroatoms. The van der Waals surface area contributed by atoms with Gasteiger partial charge in [-0.1, -0.05) is 60.7 Å². The molecule has 0 unspecified atom stereocenters. The summed E-state index contributed by atoms with van der Waals surface area (Å²) in [4.78, 5) is 13.5. The molecule has 0 radical (unpaired) electrons. The minimum Gasteiger partial charge on any atom is -0.496 e. The van der Waals surface area contributed by atoms with Gasteiger partial charge in [0.25, 0.3) is 0 Å². The third-order valence-electron chi connectivity index (χ3n) is 5.69. The second-order valence-corrected chi connectivity index (χ2v) is 10.1. The molecule has 0 aliphatic heterocycles. The first-order valence-corrected chi connectivity index (χ1v) is 13.2. The van der Waals surface area contributed by atoms with Crippen molar-refractivity contribution in [3.8, 4) is 17.2 Å². The predicted octanol–water partition coefficient (Wildman–Crippen LogP) is 5.32. The van der Waals surface area contributed by atoms with E-state index in [1.807, 2.05) is 60.7 Å². The Labute approximate surface area is 217 Å². The van der Waals surface area contributed by atoms with Crippen LogP contribution >= 0.6 is 0 Å². The zero-order chi connectivity index (χ0) is 26.3. The Kier molecular flexibility index (Phi) is 8.22. The van der Waals surface area contributed by atoms with Gasteiger partial charge in [0.05, 0.1) is 17.7 Å². The Morgan fingerprint density at radius 1 is 0.838 bits per heavy atom. The van der Waals surface area contributed by atoms with Gasteiger partial charge < -0.3 is 14.8 Å². The maximum absolute atomic E-state index is 13.5. The van der Waals surface area contributed by atoms with Crippen LogP contribution in [0.1, 0.15) is 11.1 Å². The van der Waals surface area contributed by atoms with Gasteiger partial charge in [-0.3, -0.25) is 4.79 Å². The lowest BCUT2D eigenvalue weighted by Crippen LogP contribution is -2.45. The number of amides is 1. The quantitative estimate of drug-likeness (QED) is 0.297. The number of anilines is 1. The largest absolute Gasteiger partial charge is 0.496 e. The maximum atomic E-state index is 13.5. The van der Waals surface area contributed by atoms with E-state index in [0.29, 0.717) is 28.5 Å². The molecule has 37 heavy (non-hydrogen) atoms. The zero-order valence-corrected chi connectivity index (χ0v) is 21.4. The van der Waals surface area contributed by atoms with Crippen LogP contribution in [0.5, 0.6) is 17.2 Å². The Morgan fingerprint density at radius 3 is 2.16 bits per heavy atom. The van der Waals surface area contributed by atoms with Crippen LogP contribution in [0.3, 0.4) is 0 Å². The minimum atomic E-state index is -4.02. The average Bonchev–Trinajstić information content (AvgIpc) is 2.90. The highest BCUT2D eigenvalue weighted by atomic mass is 32.2. The number of carbonyl (C=O) groups excluding carboxylic acids is 1. The molecule has 0 saturated carbocycles. The third-order valence-corrected chi connectivity index (χ3v) is 7.16. The number of para-hydroxylation sites is 3. The second kappa shape index (κ2) is 11.7. The van der Waals surface area contributed by atoms with Crippen LogP contribution in [-0.4, -0.2) is 27.5 Å². The highest BCUT2D eigenvalue weighted by molar-refractivity contribution is 7.89. The summed E-state index contributed by atoms with van der Waals surface area (Å²) in [5.74, 6) is 1.11. The lowest BCUT2D eigenvalue weighted by Gasteiger charge is -2.20. The zero-order valence-electron chi connectivity index (χ0n) is 20.5. The molecule has 7 nitrogen and oxygen atoms in total. The Balaban J connectivity index is 1.60. The molecule has 0 aliphatic carbocycles. The van der Waals surface area contributed by atoms with Crippen molar-refractivity contribution in [3.05, 3.63) is 114 Å². The number of nitrogens with one attached hydrogen (secondary N) is 2. The SMILES string of the molecule is COc1ccc(S(=O)(=O)N[C@H](Cc2ccccc2)C(=O)Nc2ccccc2Oc2ccccc2)cc1C. The first kappa shape index (κ1) is 25.9. The van der Waals surface area contributed by atoms with Crippen molar-refractivity contribution in [2.24, 2.45) is 0 Å². The molecule has 0 fully saturated rings. The molecule has 190 valence electrons. The number of aryl methyl sites for hydroxylation is 1. The summed E-state index contributed by atoms with van der Waals surface area (Å²) in [6.45, 7) is 1.76. The average molecular weight is 517 g/mol. The number of benzene rings is 4. The van der Waals surface area contributed by atoms with Gasteiger partial charge in [-0.15, -0.1) is 0 Å². The van der Waals surface area contributed by atoms with Crippen LogP contribution in [0.15, 0.2) is 108 Å². The van der Waals surface area contributed by atoms with Gasteiger partial charge in [-0.25, -0.2) is 8.42 Å². The fourth-order valence-corrected chi connectivity index (χ4v) is 5.09. The number of sulfonamides is 1. The monoisotopic (exact) mass is 516 g/mol. The van der Waals surface area contributed by atoms with Gasteiger partial charge in [0.15, 0.2) is 5.75 Å². The summed E-state index contributed by atoms with van der Waals surface area (Å²) in [7, 11) is -2.50. The molecule has 4 aromatic rings. The van der Waals surface area contributed by atoms with E-state index in [-0.39, 0.29) is 11.3 Å². The molecular formula is C29H28N2O5S. The van der Waals surface area contributed by atoms with Crippen LogP contribution in [0, 0.1) is 6.92 Å². The first-order chi connectivity index (χ1) is 17.9. The van der Waals surface area contributed by atoms with Gasteiger partial charge in [-0.05, 0) is 66.9 Å². The maximum Gasteiger partial charge on any atom is 0.243 e. The first-order valence-electron chi connectivity index (χ1n) is 11.7. The van der Waals surface area contributed by atoms with Gasteiger partial charge in [0, 0.05) is 0 Å². The molecule has 0 bridgehead atoms. The normalized spacial score (nSPS) is 11.9. The fourth-order valence-electron chi connectivity index (χ4n) is 3.81. The highest BCUT2D eigenvalue weighted by Crippen LogP contribution is 2.29. The standard InChI is InChI=1S/C29H28N2O5S/c1-21-19-24(17-18-27(21)35-2)37(33,34)31-26(20-22-11-5-3-6-12-22)29(32)30-25-15-9-10-16-28(25)36-23-13-7-4-8-14-23/h3-19,26,31H,20H2,1-2H3,(H,30,32)/t26-/m1/s1. The molecule has 4 rings (SSSR count). The molecule has 0 aromatic heterocycles. The summed E-state index contributed by atoms with van der Waals surface area (Å²) in [5.41, 5.74) is 1.90. The van der Waals surface area contributed by atoms with Crippen LogP contribution < -0.4 is 19.5 Å². The van der Waals surface area contributed by atoms with Crippen LogP contribution in [0.2, 0.25) is 0 Å². The molecule has 0 spiro atoms. The molecule has 4 aromatic carbocycles. The molecule has 1 amide bonds. The van der Waals surface area contributed by atoms with Crippen molar-refractivity contribution in [1.29, 1.82) is 0 Å². The van der Waals surface area contributed by atoms with E-state index in [4.69, 9.17) is 9.47 Å². The molecular weight excluding hydrogens is 488 g/mol. The van der Waals surface area contributed by atoms with E-state index >= 15 is 0 Å². The third kappa shape index (κ3) is 6.75. The van der Waals surface area contributed by atoms with Crippen LogP contribution in [0.25, 0.3) is 0 Å². The lowest BCUT2D eigenvalue weighted by atomic mass is 10.1. The van der Waals surface area contributed by atoms with E-state index in [1.165, 1.54) is 19.2 Å². The summed E-state index contributed by atoms with van der Waals surface area (Å²) < 4.78 is 40.4. The van der Waals surface area contributed by atoms with Crippen molar-refractivity contribution < 1.29 is 22.7 Å². The van der Waals surface area contributed by atoms with E-state index in [2.05, 4.69) is 10.0 Å². The molecule has 1 atom stereocenters. The molecule has 0 aliphatic rings. The smallest absolute Gasteiger partial charge is 0.243 e. The van der Waals surface area contributed by atoms with E-state index in [0.717, 1.165) is 5.56 Å². The van der Waals surface area contributed by atoms with E-state index in [9.17, 15) is 13.2 Å². The number of rotatable bonds is 10. The van der Waals surface area contributed by atoms with Crippen molar-refractivity contribution in [2.75, 3.05) is 12.4 Å². The van der Waals surface area contributed by atoms with Crippen molar-refractivity contribution >= 4 is 21.6 Å². The Hall–Kier alpha value is -4.14. The number of carbonyl (C=O) groups is 1. The van der Waals surface area contributed by atoms with Crippen LogP contribution in [-0.2, 0) is 21.2 Å². The minimum absolute atomic E-state index is 0.0458. The summed E-state index contributed by atoms with van der Waals surface area (Å²) >= 11 is 0. The summed E-state index contributed by atoms with van der Waals surface area (Å²) in [6, 6.07) is 28.9. The number of hydrogen-bond acceptors (Lipinski definition) is 5. The van der Waals surface area contributed by atoms with Gasteiger partial charge in [-0.2, -0.15) is 4.72 Å². The fraction of sp³-hybridized carbons (Fsp3) is 0.138. The van der Waals surface area contributed by atoms with Crippen molar-refractivity contribution in [3.63, 3.8) is 0 Å². The number of methoxy groups -OCH3 is 1. The number of ether oxygens (including phenoxy) is 2. The van der Waals surface area contributed by atoms with E-state index in [1.54, 1.807) is 37.3 Å². The Morgan fingerprint density at radius 2 is 1.49 bits per heavy atom. The van der Waals surface area contributed by atoms with Crippen LogP contribution in [0.4, 0.5) is 5.69 Å².